The number of nitrogens with zero attached hydrogens (tertiary/aromatic N) is 1. The number of hydrogen-bond acceptors (Lipinski definition) is 4. The van der Waals surface area contributed by atoms with Gasteiger partial charge in [-0.05, 0) is 30.2 Å². The van der Waals surface area contributed by atoms with Gasteiger partial charge < -0.3 is 20.3 Å². The minimum atomic E-state index is -0.0438. The number of carbonyl (C=O) groups is 1. The van der Waals surface area contributed by atoms with Crippen LogP contribution in [-0.2, 0) is 16.0 Å². The zero-order chi connectivity index (χ0) is 17.5. The number of rotatable bonds is 6. The first-order valence-corrected chi connectivity index (χ1v) is 8.81. The number of benzene rings is 2. The summed E-state index contributed by atoms with van der Waals surface area (Å²) in [6, 6.07) is 16.0. The van der Waals surface area contributed by atoms with Crippen molar-refractivity contribution < 1.29 is 9.53 Å². The van der Waals surface area contributed by atoms with Gasteiger partial charge in [-0.15, -0.1) is 0 Å². The molecule has 2 aromatic carbocycles. The first kappa shape index (κ1) is 17.3. The minimum absolute atomic E-state index is 0.0438. The van der Waals surface area contributed by atoms with Gasteiger partial charge in [-0.3, -0.25) is 4.79 Å². The molecule has 25 heavy (non-hydrogen) atoms. The monoisotopic (exact) mass is 339 g/mol. The molecule has 3 rings (SSSR count). The molecule has 132 valence electrons. The zero-order valence-electron chi connectivity index (χ0n) is 14.6. The Morgan fingerprint density at radius 3 is 2.48 bits per heavy atom. The van der Waals surface area contributed by atoms with Crippen LogP contribution in [0.1, 0.15) is 12.5 Å². The second-order valence-electron chi connectivity index (χ2n) is 6.03. The SMILES string of the molecule is CCc1ccccc1NC(=O)CNc1ccccc1N1CCOCC1. The van der Waals surface area contributed by atoms with Crippen LogP contribution in [0.4, 0.5) is 17.1 Å². The lowest BCUT2D eigenvalue weighted by molar-refractivity contribution is -0.114. The van der Waals surface area contributed by atoms with E-state index in [0.29, 0.717) is 0 Å². The van der Waals surface area contributed by atoms with E-state index < -0.39 is 0 Å². The summed E-state index contributed by atoms with van der Waals surface area (Å²) >= 11 is 0. The van der Waals surface area contributed by atoms with Crippen molar-refractivity contribution in [2.45, 2.75) is 13.3 Å². The molecule has 2 aromatic rings. The number of morpholine rings is 1. The van der Waals surface area contributed by atoms with E-state index in [4.69, 9.17) is 4.74 Å². The normalized spacial score (nSPS) is 14.2. The third-order valence-electron chi connectivity index (χ3n) is 4.37. The molecule has 1 aliphatic rings. The lowest BCUT2D eigenvalue weighted by atomic mass is 10.1. The van der Waals surface area contributed by atoms with Crippen molar-refractivity contribution in [1.82, 2.24) is 0 Å². The predicted octanol–water partition coefficient (Wildman–Crippen LogP) is 3.14. The van der Waals surface area contributed by atoms with Gasteiger partial charge in [-0.2, -0.15) is 0 Å². The van der Waals surface area contributed by atoms with Crippen LogP contribution in [0.3, 0.4) is 0 Å². The summed E-state index contributed by atoms with van der Waals surface area (Å²) < 4.78 is 5.42. The van der Waals surface area contributed by atoms with E-state index in [9.17, 15) is 4.79 Å². The van der Waals surface area contributed by atoms with Gasteiger partial charge in [0.15, 0.2) is 0 Å². The standard InChI is InChI=1S/C20H25N3O2/c1-2-16-7-3-4-8-17(16)22-20(24)15-21-18-9-5-6-10-19(18)23-11-13-25-14-12-23/h3-10,21H,2,11-15H2,1H3,(H,22,24). The summed E-state index contributed by atoms with van der Waals surface area (Å²) in [6.07, 6.45) is 0.893. The summed E-state index contributed by atoms with van der Waals surface area (Å²) in [6.45, 7) is 5.54. The van der Waals surface area contributed by atoms with Crippen LogP contribution in [-0.4, -0.2) is 38.8 Å². The van der Waals surface area contributed by atoms with Gasteiger partial charge >= 0.3 is 0 Å². The van der Waals surface area contributed by atoms with E-state index in [0.717, 1.165) is 55.3 Å². The molecule has 0 spiro atoms. The largest absolute Gasteiger partial charge is 0.378 e. The number of para-hydroxylation sites is 3. The summed E-state index contributed by atoms with van der Waals surface area (Å²) in [7, 11) is 0. The summed E-state index contributed by atoms with van der Waals surface area (Å²) in [5, 5.41) is 6.27. The molecule has 0 unspecified atom stereocenters. The molecule has 0 atom stereocenters. The highest BCUT2D eigenvalue weighted by Crippen LogP contribution is 2.26. The Balaban J connectivity index is 1.62. The molecule has 5 nitrogen and oxygen atoms in total. The maximum absolute atomic E-state index is 12.3. The number of aryl methyl sites for hydroxylation is 1. The second-order valence-corrected chi connectivity index (χ2v) is 6.03. The number of nitrogens with one attached hydrogen (secondary N) is 2. The maximum atomic E-state index is 12.3. The molecular weight excluding hydrogens is 314 g/mol. The average Bonchev–Trinajstić information content (AvgIpc) is 2.68. The lowest BCUT2D eigenvalue weighted by Gasteiger charge is -2.30. The van der Waals surface area contributed by atoms with Crippen LogP contribution in [0.25, 0.3) is 0 Å². The molecule has 1 saturated heterocycles. The smallest absolute Gasteiger partial charge is 0.243 e. The Bertz CT molecular complexity index is 712. The molecule has 1 aliphatic heterocycles. The molecule has 0 bridgehead atoms. The first-order chi connectivity index (χ1) is 12.3. The van der Waals surface area contributed by atoms with E-state index in [1.165, 1.54) is 0 Å². The predicted molar refractivity (Wildman–Crippen MR) is 102 cm³/mol. The third kappa shape index (κ3) is 4.51. The van der Waals surface area contributed by atoms with Crippen LogP contribution < -0.4 is 15.5 Å². The molecule has 0 saturated carbocycles. The van der Waals surface area contributed by atoms with Crippen molar-refractivity contribution in [2.24, 2.45) is 0 Å². The number of ether oxygens (including phenoxy) is 1. The highest BCUT2D eigenvalue weighted by atomic mass is 16.5. The molecule has 0 aliphatic carbocycles. The van der Waals surface area contributed by atoms with Crippen LogP contribution in [0, 0.1) is 0 Å². The first-order valence-electron chi connectivity index (χ1n) is 8.81. The number of anilines is 3. The van der Waals surface area contributed by atoms with Crippen LogP contribution in [0.15, 0.2) is 48.5 Å². The highest BCUT2D eigenvalue weighted by Gasteiger charge is 2.15. The topological polar surface area (TPSA) is 53.6 Å². The van der Waals surface area contributed by atoms with Gasteiger partial charge in [0.1, 0.15) is 0 Å². The second kappa shape index (κ2) is 8.53. The summed E-state index contributed by atoms with van der Waals surface area (Å²) in [5.41, 5.74) is 4.12. The van der Waals surface area contributed by atoms with E-state index in [-0.39, 0.29) is 12.5 Å². The Morgan fingerprint density at radius 2 is 1.72 bits per heavy atom. The molecule has 5 heteroatoms. The van der Waals surface area contributed by atoms with Crippen LogP contribution in [0.2, 0.25) is 0 Å². The van der Waals surface area contributed by atoms with Crippen LogP contribution >= 0.6 is 0 Å². The molecule has 1 fully saturated rings. The minimum Gasteiger partial charge on any atom is -0.378 e. The van der Waals surface area contributed by atoms with E-state index in [2.05, 4.69) is 28.5 Å². The number of amides is 1. The number of carbonyl (C=O) groups excluding carboxylic acids is 1. The van der Waals surface area contributed by atoms with E-state index >= 15 is 0 Å². The molecule has 2 N–H and O–H groups in total. The maximum Gasteiger partial charge on any atom is 0.243 e. The lowest BCUT2D eigenvalue weighted by Crippen LogP contribution is -2.36. The van der Waals surface area contributed by atoms with Crippen molar-refractivity contribution in [3.05, 3.63) is 54.1 Å². The van der Waals surface area contributed by atoms with Crippen molar-refractivity contribution in [3.63, 3.8) is 0 Å². The van der Waals surface area contributed by atoms with Gasteiger partial charge in [0, 0.05) is 18.8 Å². The van der Waals surface area contributed by atoms with Gasteiger partial charge in [0.05, 0.1) is 31.1 Å². The third-order valence-corrected chi connectivity index (χ3v) is 4.37. The average molecular weight is 339 g/mol. The highest BCUT2D eigenvalue weighted by molar-refractivity contribution is 5.95. The fourth-order valence-corrected chi connectivity index (χ4v) is 3.02. The van der Waals surface area contributed by atoms with Gasteiger partial charge in [-0.25, -0.2) is 0 Å². The number of hydrogen-bond donors (Lipinski definition) is 2. The van der Waals surface area contributed by atoms with Gasteiger partial charge in [0.2, 0.25) is 5.91 Å². The van der Waals surface area contributed by atoms with Crippen molar-refractivity contribution in [1.29, 1.82) is 0 Å². The van der Waals surface area contributed by atoms with Crippen molar-refractivity contribution in [3.8, 4) is 0 Å². The molecular formula is C20H25N3O2. The van der Waals surface area contributed by atoms with E-state index in [1.54, 1.807) is 0 Å². The van der Waals surface area contributed by atoms with Crippen LogP contribution in [0.5, 0.6) is 0 Å². The quantitative estimate of drug-likeness (QED) is 0.849. The molecule has 0 radical (unpaired) electrons. The van der Waals surface area contributed by atoms with E-state index in [1.807, 2.05) is 42.5 Å². The molecule has 1 amide bonds. The van der Waals surface area contributed by atoms with Crippen molar-refractivity contribution in [2.75, 3.05) is 48.4 Å². The zero-order valence-corrected chi connectivity index (χ0v) is 14.6. The summed E-state index contributed by atoms with van der Waals surface area (Å²) in [5.74, 6) is -0.0438. The Labute approximate surface area is 149 Å². The van der Waals surface area contributed by atoms with Crippen molar-refractivity contribution >= 4 is 23.0 Å². The molecule has 1 heterocycles. The Kier molecular flexibility index (Phi) is 5.90. The van der Waals surface area contributed by atoms with Gasteiger partial charge in [-0.1, -0.05) is 37.3 Å². The van der Waals surface area contributed by atoms with Gasteiger partial charge in [0.25, 0.3) is 0 Å². The Morgan fingerprint density at radius 1 is 1.04 bits per heavy atom. The Hall–Kier alpha value is -2.53. The fraction of sp³-hybridized carbons (Fsp3) is 0.350. The fourth-order valence-electron chi connectivity index (χ4n) is 3.02. The molecule has 0 aromatic heterocycles. The summed E-state index contributed by atoms with van der Waals surface area (Å²) in [4.78, 5) is 14.6.